The van der Waals surface area contributed by atoms with Crippen LogP contribution >= 0.6 is 0 Å². The first-order valence-electron chi connectivity index (χ1n) is 20.3. The largest absolute Gasteiger partial charge is 0.495 e. The zero-order chi connectivity index (χ0) is 41.4. The van der Waals surface area contributed by atoms with Crippen molar-refractivity contribution in [2.24, 2.45) is 0 Å². The molecule has 296 valence electrons. The molecule has 0 saturated carbocycles. The Kier molecular flexibility index (Phi) is 9.16. The van der Waals surface area contributed by atoms with E-state index in [0.29, 0.717) is 0 Å². The molecule has 0 atom stereocenters. The third-order valence-electron chi connectivity index (χ3n) is 11.4. The van der Waals surface area contributed by atoms with Crippen molar-refractivity contribution in [1.29, 1.82) is 0 Å². The summed E-state index contributed by atoms with van der Waals surface area (Å²) >= 11 is 0. The van der Waals surface area contributed by atoms with E-state index < -0.39 is 0 Å². The number of rotatable bonds is 7. The number of aromatic nitrogens is 8. The summed E-state index contributed by atoms with van der Waals surface area (Å²) in [6, 6.07) is 57.4. The standard InChI is InChI=1S/C27H20N4O.C26H18N4/c1-32-27-16-22-13-20(9-10-21(22)15-26(27)30-12-11-28-17-30)19-5-4-6-23(14-19)31-18-29-24-7-2-3-8-25(24)31;1-2-7-26-25(6-1)28-18-30(26)24-5-3-4-19(16-24)20-8-9-22-15-23(11-10-21(22)14-20)29-13-12-27-17-29/h2-18H,1H3;1-18H. The fourth-order valence-corrected chi connectivity index (χ4v) is 8.20. The monoisotopic (exact) mass is 802 g/mol. The van der Waals surface area contributed by atoms with Gasteiger partial charge in [0.15, 0.2) is 0 Å². The summed E-state index contributed by atoms with van der Waals surface area (Å²) in [5.74, 6) is 0.811. The first kappa shape index (κ1) is 36.5. The molecule has 0 fully saturated rings. The first-order chi connectivity index (χ1) is 30.6. The van der Waals surface area contributed by atoms with E-state index in [1.54, 1.807) is 25.8 Å². The molecule has 8 aromatic carbocycles. The van der Waals surface area contributed by atoms with E-state index in [0.717, 1.165) is 72.5 Å². The molecule has 0 N–H and O–H groups in total. The molecule has 62 heavy (non-hydrogen) atoms. The zero-order valence-corrected chi connectivity index (χ0v) is 33.7. The number of ether oxygens (including phenoxy) is 1. The second-order valence-electron chi connectivity index (χ2n) is 15.1. The predicted octanol–water partition coefficient (Wildman–Crippen LogP) is 12.1. The van der Waals surface area contributed by atoms with Crippen LogP contribution in [0.4, 0.5) is 0 Å². The van der Waals surface area contributed by atoms with Crippen LogP contribution in [0.25, 0.3) is 88.6 Å². The number of nitrogens with zero attached hydrogens (tertiary/aromatic N) is 8. The summed E-state index contributed by atoms with van der Waals surface area (Å²) < 4.78 is 13.9. The van der Waals surface area contributed by atoms with Gasteiger partial charge in [-0.1, -0.05) is 78.9 Å². The Morgan fingerprint density at radius 2 is 0.935 bits per heavy atom. The van der Waals surface area contributed by atoms with Crippen LogP contribution in [0.3, 0.4) is 0 Å². The van der Waals surface area contributed by atoms with E-state index in [4.69, 9.17) is 4.74 Å². The average molecular weight is 803 g/mol. The van der Waals surface area contributed by atoms with Crippen LogP contribution in [0.1, 0.15) is 0 Å². The van der Waals surface area contributed by atoms with Crippen LogP contribution in [0, 0.1) is 0 Å². The zero-order valence-electron chi connectivity index (χ0n) is 33.7. The van der Waals surface area contributed by atoms with E-state index in [2.05, 4.69) is 156 Å². The third-order valence-corrected chi connectivity index (χ3v) is 11.4. The lowest BCUT2D eigenvalue weighted by molar-refractivity contribution is 0.413. The highest BCUT2D eigenvalue weighted by Crippen LogP contribution is 2.33. The third kappa shape index (κ3) is 6.83. The van der Waals surface area contributed by atoms with Gasteiger partial charge in [0.25, 0.3) is 0 Å². The van der Waals surface area contributed by atoms with Crippen LogP contribution in [-0.4, -0.2) is 45.3 Å². The van der Waals surface area contributed by atoms with Crippen LogP contribution in [0.5, 0.6) is 5.75 Å². The molecule has 9 nitrogen and oxygen atoms in total. The average Bonchev–Trinajstić information content (AvgIpc) is 4.19. The highest BCUT2D eigenvalue weighted by molar-refractivity contribution is 5.92. The van der Waals surface area contributed by atoms with Crippen molar-refractivity contribution in [3.8, 4) is 50.8 Å². The number of hydrogen-bond donors (Lipinski definition) is 0. The maximum atomic E-state index is 5.67. The van der Waals surface area contributed by atoms with Crippen LogP contribution in [0.2, 0.25) is 0 Å². The molecule has 4 aromatic heterocycles. The second kappa shape index (κ2) is 15.6. The fourth-order valence-electron chi connectivity index (χ4n) is 8.20. The SMILES string of the molecule is COc1cc2cc(-c3cccc(-n4cnc5ccccc54)c3)ccc2cc1-n1ccnc1.c1cc(-c2ccc3cc(-n4ccnc4)ccc3c2)cc(-n2cnc3ccccc32)c1. The van der Waals surface area contributed by atoms with Gasteiger partial charge < -0.3 is 13.9 Å². The van der Waals surface area contributed by atoms with Gasteiger partial charge in [-0.05, 0) is 129 Å². The number of hydrogen-bond acceptors (Lipinski definition) is 5. The van der Waals surface area contributed by atoms with Crippen molar-refractivity contribution in [1.82, 2.24) is 38.2 Å². The van der Waals surface area contributed by atoms with Gasteiger partial charge in [0.1, 0.15) is 18.4 Å². The smallest absolute Gasteiger partial charge is 0.143 e. The maximum Gasteiger partial charge on any atom is 0.143 e. The molecule has 0 saturated heterocycles. The molecule has 0 bridgehead atoms. The summed E-state index contributed by atoms with van der Waals surface area (Å²) in [6.45, 7) is 0. The van der Waals surface area contributed by atoms with Crippen molar-refractivity contribution in [2.75, 3.05) is 7.11 Å². The van der Waals surface area contributed by atoms with Crippen molar-refractivity contribution >= 4 is 43.6 Å². The lowest BCUT2D eigenvalue weighted by Crippen LogP contribution is -1.96. The van der Waals surface area contributed by atoms with Gasteiger partial charge in [-0.15, -0.1) is 0 Å². The Morgan fingerprint density at radius 3 is 1.53 bits per heavy atom. The Bertz CT molecular complexity index is 3530. The van der Waals surface area contributed by atoms with E-state index in [1.165, 1.54) is 21.9 Å². The normalized spacial score (nSPS) is 11.3. The molecule has 4 heterocycles. The number of imidazole rings is 4. The summed E-state index contributed by atoms with van der Waals surface area (Å²) in [4.78, 5) is 17.3. The molecule has 0 aliphatic heterocycles. The number of para-hydroxylation sites is 4. The van der Waals surface area contributed by atoms with Crippen molar-refractivity contribution in [3.05, 3.63) is 214 Å². The van der Waals surface area contributed by atoms with Gasteiger partial charge in [0, 0.05) is 41.8 Å². The van der Waals surface area contributed by atoms with Crippen molar-refractivity contribution in [2.45, 2.75) is 0 Å². The number of methoxy groups -OCH3 is 1. The highest BCUT2D eigenvalue weighted by Gasteiger charge is 2.11. The molecule has 0 spiro atoms. The Balaban J connectivity index is 0.000000140. The maximum absolute atomic E-state index is 5.67. The van der Waals surface area contributed by atoms with E-state index >= 15 is 0 Å². The van der Waals surface area contributed by atoms with Crippen LogP contribution in [0.15, 0.2) is 214 Å². The van der Waals surface area contributed by atoms with Gasteiger partial charge in [0.2, 0.25) is 0 Å². The Morgan fingerprint density at radius 1 is 0.403 bits per heavy atom. The van der Waals surface area contributed by atoms with Gasteiger partial charge >= 0.3 is 0 Å². The van der Waals surface area contributed by atoms with Gasteiger partial charge in [-0.2, -0.15) is 0 Å². The molecule has 0 aliphatic carbocycles. The van der Waals surface area contributed by atoms with E-state index in [-0.39, 0.29) is 0 Å². The topological polar surface area (TPSA) is 80.5 Å². The summed E-state index contributed by atoms with van der Waals surface area (Å²) in [7, 11) is 1.70. The number of fused-ring (bicyclic) bond motifs is 4. The van der Waals surface area contributed by atoms with E-state index in [9.17, 15) is 0 Å². The minimum Gasteiger partial charge on any atom is -0.495 e. The lowest BCUT2D eigenvalue weighted by Gasteiger charge is -2.13. The minimum absolute atomic E-state index is 0.811. The lowest BCUT2D eigenvalue weighted by atomic mass is 10.00. The van der Waals surface area contributed by atoms with Gasteiger partial charge in [-0.3, -0.25) is 9.13 Å². The summed E-state index contributed by atoms with van der Waals surface area (Å²) in [5.41, 5.74) is 13.2. The molecule has 0 unspecified atom stereocenters. The van der Waals surface area contributed by atoms with Gasteiger partial charge in [0.05, 0.1) is 47.5 Å². The molecule has 0 aliphatic rings. The second-order valence-corrected chi connectivity index (χ2v) is 15.1. The molecular weight excluding hydrogens is 765 g/mol. The van der Waals surface area contributed by atoms with E-state index in [1.807, 2.05) is 76.9 Å². The highest BCUT2D eigenvalue weighted by atomic mass is 16.5. The Labute approximate surface area is 357 Å². The van der Waals surface area contributed by atoms with Crippen LogP contribution < -0.4 is 4.74 Å². The summed E-state index contributed by atoms with van der Waals surface area (Å²) in [5, 5.41) is 4.70. The molecule has 0 radical (unpaired) electrons. The molecule has 12 rings (SSSR count). The fraction of sp³-hybridized carbons (Fsp3) is 0.0189. The van der Waals surface area contributed by atoms with Crippen LogP contribution in [-0.2, 0) is 0 Å². The molecule has 0 amide bonds. The predicted molar refractivity (Wildman–Crippen MR) is 249 cm³/mol. The quantitative estimate of drug-likeness (QED) is 0.160. The summed E-state index contributed by atoms with van der Waals surface area (Å²) in [6.07, 6.45) is 14.8. The van der Waals surface area contributed by atoms with Gasteiger partial charge in [-0.25, -0.2) is 19.9 Å². The van der Waals surface area contributed by atoms with Crippen molar-refractivity contribution in [3.63, 3.8) is 0 Å². The molecule has 9 heteroatoms. The first-order valence-corrected chi connectivity index (χ1v) is 20.3. The molecular formula is C53H38N8O. The van der Waals surface area contributed by atoms with Crippen molar-refractivity contribution < 1.29 is 4.74 Å². The number of benzene rings is 8. The Hall–Kier alpha value is -8.56. The minimum atomic E-state index is 0.811. The molecule has 12 aromatic rings.